The summed E-state index contributed by atoms with van der Waals surface area (Å²) >= 11 is 1.25. The molecule has 3 heterocycles. The summed E-state index contributed by atoms with van der Waals surface area (Å²) in [4.78, 5) is 37.9. The van der Waals surface area contributed by atoms with Crippen LogP contribution in [0.4, 0.5) is 0 Å². The highest BCUT2D eigenvalue weighted by Crippen LogP contribution is 2.21. The standard InChI is InChI=1S/C23H30N6O4S/c1-3-15(2)25-19(30)10-11-28-21(32)17-8-4-5-9-18(17)29-22(28)26-27-23(29)34-14-20(31)24-13-16-7-6-12-33-16/h4-5,8-9,15-16H,3,6-7,10-14H2,1-2H3,(H,24,31)(H,25,30)/t15-,16-/m1/s1. The molecule has 0 bridgehead atoms. The Balaban J connectivity index is 1.55. The van der Waals surface area contributed by atoms with Crippen LogP contribution in [0.2, 0.25) is 0 Å². The second-order valence-corrected chi connectivity index (χ2v) is 9.39. The van der Waals surface area contributed by atoms with Gasteiger partial charge in [-0.2, -0.15) is 0 Å². The summed E-state index contributed by atoms with van der Waals surface area (Å²) in [7, 11) is 0. The molecule has 10 nitrogen and oxygen atoms in total. The van der Waals surface area contributed by atoms with Crippen molar-refractivity contribution >= 4 is 40.3 Å². The molecule has 3 aromatic rings. The van der Waals surface area contributed by atoms with E-state index in [1.54, 1.807) is 16.5 Å². The average Bonchev–Trinajstić information content (AvgIpc) is 3.51. The Labute approximate surface area is 201 Å². The van der Waals surface area contributed by atoms with Crippen molar-refractivity contribution < 1.29 is 14.3 Å². The van der Waals surface area contributed by atoms with Gasteiger partial charge in [-0.1, -0.05) is 30.8 Å². The van der Waals surface area contributed by atoms with E-state index < -0.39 is 0 Å². The first-order valence-electron chi connectivity index (χ1n) is 11.6. The van der Waals surface area contributed by atoms with Crippen molar-refractivity contribution in [1.82, 2.24) is 29.8 Å². The van der Waals surface area contributed by atoms with Crippen LogP contribution < -0.4 is 16.2 Å². The van der Waals surface area contributed by atoms with Crippen LogP contribution in [0.5, 0.6) is 0 Å². The number of ether oxygens (including phenoxy) is 1. The van der Waals surface area contributed by atoms with Crippen molar-refractivity contribution in [3.05, 3.63) is 34.6 Å². The molecule has 2 atom stereocenters. The van der Waals surface area contributed by atoms with Crippen molar-refractivity contribution in [2.45, 2.75) is 63.4 Å². The zero-order chi connectivity index (χ0) is 24.1. The van der Waals surface area contributed by atoms with Gasteiger partial charge in [-0.25, -0.2) is 0 Å². The lowest BCUT2D eigenvalue weighted by atomic mass is 10.2. The lowest BCUT2D eigenvalue weighted by Gasteiger charge is -2.13. The zero-order valence-corrected chi connectivity index (χ0v) is 20.3. The third-order valence-electron chi connectivity index (χ3n) is 5.94. The highest BCUT2D eigenvalue weighted by atomic mass is 32.2. The van der Waals surface area contributed by atoms with E-state index in [-0.39, 0.29) is 48.2 Å². The van der Waals surface area contributed by atoms with Gasteiger partial charge in [-0.05, 0) is 38.3 Å². The molecule has 1 aliphatic rings. The van der Waals surface area contributed by atoms with Crippen molar-refractivity contribution in [1.29, 1.82) is 0 Å². The van der Waals surface area contributed by atoms with Gasteiger partial charge in [0.25, 0.3) is 5.56 Å². The van der Waals surface area contributed by atoms with E-state index in [4.69, 9.17) is 4.74 Å². The first kappa shape index (κ1) is 24.2. The van der Waals surface area contributed by atoms with Crippen LogP contribution in [0.15, 0.2) is 34.2 Å². The van der Waals surface area contributed by atoms with Gasteiger partial charge >= 0.3 is 0 Å². The Hall–Kier alpha value is -2.92. The van der Waals surface area contributed by atoms with Crippen molar-refractivity contribution in [3.63, 3.8) is 0 Å². The van der Waals surface area contributed by atoms with E-state index in [2.05, 4.69) is 20.8 Å². The van der Waals surface area contributed by atoms with Crippen molar-refractivity contribution in [2.24, 2.45) is 0 Å². The van der Waals surface area contributed by atoms with Gasteiger partial charge in [0.2, 0.25) is 17.6 Å². The topological polar surface area (TPSA) is 120 Å². The molecule has 0 radical (unpaired) electrons. The number of amides is 2. The van der Waals surface area contributed by atoms with Gasteiger partial charge in [0, 0.05) is 32.2 Å². The molecule has 1 saturated heterocycles. The summed E-state index contributed by atoms with van der Waals surface area (Å²) in [6.45, 7) is 5.37. The summed E-state index contributed by atoms with van der Waals surface area (Å²) in [6.07, 6.45) is 3.05. The first-order chi connectivity index (χ1) is 16.5. The maximum absolute atomic E-state index is 13.2. The highest BCUT2D eigenvalue weighted by Gasteiger charge is 2.19. The number of hydrogen-bond donors (Lipinski definition) is 2. The number of hydrogen-bond acceptors (Lipinski definition) is 7. The van der Waals surface area contributed by atoms with Gasteiger partial charge in [-0.3, -0.25) is 23.4 Å². The van der Waals surface area contributed by atoms with Crippen LogP contribution in [0, 0.1) is 0 Å². The smallest absolute Gasteiger partial charge is 0.262 e. The number of benzene rings is 1. The quantitative estimate of drug-likeness (QED) is 0.419. The third kappa shape index (κ3) is 5.41. The fourth-order valence-electron chi connectivity index (χ4n) is 3.91. The molecule has 1 aliphatic heterocycles. The molecule has 1 fully saturated rings. The van der Waals surface area contributed by atoms with Gasteiger partial charge in [-0.15, -0.1) is 10.2 Å². The van der Waals surface area contributed by atoms with E-state index in [0.717, 1.165) is 25.9 Å². The molecule has 4 rings (SSSR count). The molecule has 34 heavy (non-hydrogen) atoms. The third-order valence-corrected chi connectivity index (χ3v) is 6.87. The van der Waals surface area contributed by atoms with E-state index in [0.29, 0.717) is 28.4 Å². The molecule has 0 spiro atoms. The predicted molar refractivity (Wildman–Crippen MR) is 130 cm³/mol. The zero-order valence-electron chi connectivity index (χ0n) is 19.5. The number of carbonyl (C=O) groups excluding carboxylic acids is 2. The lowest BCUT2D eigenvalue weighted by molar-refractivity contribution is -0.122. The number of para-hydroxylation sites is 1. The van der Waals surface area contributed by atoms with Crippen LogP contribution >= 0.6 is 11.8 Å². The molecular formula is C23H30N6O4S. The van der Waals surface area contributed by atoms with E-state index in [9.17, 15) is 14.4 Å². The first-order valence-corrected chi connectivity index (χ1v) is 12.6. The number of aromatic nitrogens is 4. The van der Waals surface area contributed by atoms with Gasteiger partial charge in [0.05, 0.1) is 22.8 Å². The van der Waals surface area contributed by atoms with Crippen molar-refractivity contribution in [2.75, 3.05) is 18.9 Å². The van der Waals surface area contributed by atoms with Crippen molar-refractivity contribution in [3.8, 4) is 0 Å². The minimum absolute atomic E-state index is 0.0725. The Morgan fingerprint density at radius 3 is 2.85 bits per heavy atom. The number of nitrogens with zero attached hydrogens (tertiary/aromatic N) is 4. The van der Waals surface area contributed by atoms with E-state index >= 15 is 0 Å². The second-order valence-electron chi connectivity index (χ2n) is 8.45. The van der Waals surface area contributed by atoms with Crippen LogP contribution in [-0.4, -0.2) is 62.0 Å². The van der Waals surface area contributed by atoms with Crippen LogP contribution in [-0.2, 0) is 20.9 Å². The van der Waals surface area contributed by atoms with Crippen LogP contribution in [0.1, 0.15) is 39.5 Å². The number of carbonyl (C=O) groups is 2. The lowest BCUT2D eigenvalue weighted by Crippen LogP contribution is -2.33. The number of aryl methyl sites for hydroxylation is 1. The van der Waals surface area contributed by atoms with Gasteiger partial charge in [0.15, 0.2) is 5.16 Å². The molecule has 0 unspecified atom stereocenters. The monoisotopic (exact) mass is 486 g/mol. The molecule has 2 aromatic heterocycles. The molecule has 0 aliphatic carbocycles. The minimum atomic E-state index is -0.224. The van der Waals surface area contributed by atoms with Crippen LogP contribution in [0.3, 0.4) is 0 Å². The predicted octanol–water partition coefficient (Wildman–Crippen LogP) is 1.74. The molecule has 182 valence electrons. The molecule has 11 heteroatoms. The summed E-state index contributed by atoms with van der Waals surface area (Å²) in [5.74, 6) is 0.279. The number of thioether (sulfide) groups is 1. The summed E-state index contributed by atoms with van der Waals surface area (Å²) in [6, 6.07) is 7.28. The molecule has 2 amide bonds. The Morgan fingerprint density at radius 1 is 1.26 bits per heavy atom. The summed E-state index contributed by atoms with van der Waals surface area (Å²) < 4.78 is 8.80. The van der Waals surface area contributed by atoms with Gasteiger partial charge < -0.3 is 15.4 Å². The normalized spacial score (nSPS) is 16.7. The SMILES string of the molecule is CC[C@@H](C)NC(=O)CCn1c(=O)c2ccccc2n2c(SCC(=O)NC[C@H]3CCCO3)nnc12. The van der Waals surface area contributed by atoms with E-state index in [1.165, 1.54) is 16.3 Å². The Kier molecular flexibility index (Phi) is 7.84. The van der Waals surface area contributed by atoms with Crippen LogP contribution in [0.25, 0.3) is 16.7 Å². The molecular weight excluding hydrogens is 456 g/mol. The fraction of sp³-hybridized carbons (Fsp3) is 0.522. The van der Waals surface area contributed by atoms with Gasteiger partial charge in [0.1, 0.15) is 0 Å². The fourth-order valence-corrected chi connectivity index (χ4v) is 4.68. The summed E-state index contributed by atoms with van der Waals surface area (Å²) in [5.41, 5.74) is 0.438. The summed E-state index contributed by atoms with van der Waals surface area (Å²) in [5, 5.41) is 15.3. The molecule has 1 aromatic carbocycles. The maximum Gasteiger partial charge on any atom is 0.262 e. The number of fused-ring (bicyclic) bond motifs is 3. The molecule has 0 saturated carbocycles. The highest BCUT2D eigenvalue weighted by molar-refractivity contribution is 7.99. The van der Waals surface area contributed by atoms with E-state index in [1.807, 2.05) is 26.0 Å². The average molecular weight is 487 g/mol. The Bertz CT molecular complexity index is 1230. The minimum Gasteiger partial charge on any atom is -0.376 e. The number of rotatable bonds is 10. The second kappa shape index (κ2) is 11.0. The molecule has 2 N–H and O–H groups in total. The Morgan fingerprint density at radius 2 is 2.09 bits per heavy atom. The number of nitrogens with one attached hydrogen (secondary N) is 2. The maximum atomic E-state index is 13.2. The largest absolute Gasteiger partial charge is 0.376 e.